The Hall–Kier alpha value is 0.250. The summed E-state index contributed by atoms with van der Waals surface area (Å²) >= 11 is 6.14. The van der Waals surface area contributed by atoms with Gasteiger partial charge in [-0.25, -0.2) is 0 Å². The second kappa shape index (κ2) is 3.32. The summed E-state index contributed by atoms with van der Waals surface area (Å²) in [6, 6.07) is 0. The largest absolute Gasteiger partial charge is 0.306 e. The van der Waals surface area contributed by atoms with Crippen LogP contribution in [-0.4, -0.2) is 30.4 Å². The minimum absolute atomic E-state index is 0.384. The molecule has 1 saturated heterocycles. The summed E-state index contributed by atoms with van der Waals surface area (Å²) in [4.78, 5) is 2.38. The third-order valence-corrected chi connectivity index (χ3v) is 2.67. The molecule has 1 aliphatic heterocycles. The molecule has 0 bridgehead atoms. The molecule has 11 heavy (non-hydrogen) atoms. The standard InChI is InChI=1S/C9H18ClN/c1-9(2)6-8(10)4-5-11(3)7-9/h8H,4-7H2,1-3H3. The molecule has 0 N–H and O–H groups in total. The smallest absolute Gasteiger partial charge is 0.0353 e. The minimum atomic E-state index is 0.384. The zero-order valence-corrected chi connectivity index (χ0v) is 8.49. The first kappa shape index (κ1) is 9.34. The van der Waals surface area contributed by atoms with Gasteiger partial charge < -0.3 is 4.90 Å². The molecule has 0 radical (unpaired) electrons. The van der Waals surface area contributed by atoms with Crippen molar-refractivity contribution in [2.45, 2.75) is 32.1 Å². The molecule has 1 nitrogen and oxygen atoms in total. The molecule has 66 valence electrons. The van der Waals surface area contributed by atoms with E-state index in [-0.39, 0.29) is 0 Å². The third kappa shape index (κ3) is 3.00. The molecule has 0 aromatic rings. The van der Waals surface area contributed by atoms with Crippen molar-refractivity contribution in [2.75, 3.05) is 20.1 Å². The number of halogens is 1. The van der Waals surface area contributed by atoms with Gasteiger partial charge in [-0.2, -0.15) is 0 Å². The van der Waals surface area contributed by atoms with Crippen LogP contribution in [0.3, 0.4) is 0 Å². The van der Waals surface area contributed by atoms with Crippen LogP contribution < -0.4 is 0 Å². The third-order valence-electron chi connectivity index (χ3n) is 2.30. The molecule has 1 heterocycles. The average molecular weight is 176 g/mol. The van der Waals surface area contributed by atoms with Gasteiger partial charge in [0.15, 0.2) is 0 Å². The maximum absolute atomic E-state index is 6.14. The van der Waals surface area contributed by atoms with Gasteiger partial charge in [0, 0.05) is 11.9 Å². The summed E-state index contributed by atoms with van der Waals surface area (Å²) in [5.41, 5.74) is 0.400. The Morgan fingerprint density at radius 3 is 2.73 bits per heavy atom. The lowest BCUT2D eigenvalue weighted by Gasteiger charge is -2.26. The van der Waals surface area contributed by atoms with Crippen LogP contribution in [0.4, 0.5) is 0 Å². The number of hydrogen-bond acceptors (Lipinski definition) is 1. The summed E-state index contributed by atoms with van der Waals surface area (Å²) in [7, 11) is 2.18. The van der Waals surface area contributed by atoms with Crippen molar-refractivity contribution < 1.29 is 0 Å². The van der Waals surface area contributed by atoms with Crippen LogP contribution >= 0.6 is 11.6 Å². The molecule has 2 heteroatoms. The van der Waals surface area contributed by atoms with Gasteiger partial charge in [-0.3, -0.25) is 0 Å². The van der Waals surface area contributed by atoms with E-state index < -0.39 is 0 Å². The van der Waals surface area contributed by atoms with E-state index in [4.69, 9.17) is 11.6 Å². The zero-order valence-electron chi connectivity index (χ0n) is 7.73. The highest BCUT2D eigenvalue weighted by atomic mass is 35.5. The van der Waals surface area contributed by atoms with Crippen LogP contribution in [-0.2, 0) is 0 Å². The van der Waals surface area contributed by atoms with E-state index in [9.17, 15) is 0 Å². The van der Waals surface area contributed by atoms with E-state index in [2.05, 4.69) is 25.8 Å². The first-order chi connectivity index (χ1) is 4.99. The van der Waals surface area contributed by atoms with Gasteiger partial charge in [0.05, 0.1) is 0 Å². The van der Waals surface area contributed by atoms with Crippen LogP contribution in [0.2, 0.25) is 0 Å². The summed E-state index contributed by atoms with van der Waals surface area (Å²) in [6.45, 7) is 6.92. The molecule has 0 aliphatic carbocycles. The Morgan fingerprint density at radius 1 is 1.45 bits per heavy atom. The predicted octanol–water partition coefficient (Wildman–Crippen LogP) is 2.35. The van der Waals surface area contributed by atoms with Crippen molar-refractivity contribution in [3.05, 3.63) is 0 Å². The lowest BCUT2D eigenvalue weighted by Crippen LogP contribution is -2.29. The Kier molecular flexibility index (Phi) is 2.82. The summed E-state index contributed by atoms with van der Waals surface area (Å²) in [5, 5.41) is 0.384. The van der Waals surface area contributed by atoms with Gasteiger partial charge in [0.1, 0.15) is 0 Å². The number of hydrogen-bond donors (Lipinski definition) is 0. The van der Waals surface area contributed by atoms with Gasteiger partial charge in [-0.15, -0.1) is 11.6 Å². The molecule has 0 spiro atoms. The molecule has 1 atom stereocenters. The first-order valence-electron chi connectivity index (χ1n) is 4.32. The molecule has 1 fully saturated rings. The van der Waals surface area contributed by atoms with Gasteiger partial charge >= 0.3 is 0 Å². The van der Waals surface area contributed by atoms with Crippen LogP contribution in [0, 0.1) is 5.41 Å². The zero-order chi connectivity index (χ0) is 8.48. The summed E-state index contributed by atoms with van der Waals surface area (Å²) < 4.78 is 0. The van der Waals surface area contributed by atoms with Gasteiger partial charge in [0.2, 0.25) is 0 Å². The molecular formula is C9H18ClN. The van der Waals surface area contributed by atoms with E-state index in [0.717, 1.165) is 19.4 Å². The van der Waals surface area contributed by atoms with Crippen LogP contribution in [0.15, 0.2) is 0 Å². The van der Waals surface area contributed by atoms with Crippen molar-refractivity contribution in [1.82, 2.24) is 4.90 Å². The fourth-order valence-electron chi connectivity index (χ4n) is 1.94. The number of likely N-dealkylation sites (tertiary alicyclic amines) is 1. The highest BCUT2D eigenvalue weighted by Gasteiger charge is 2.27. The molecule has 0 aromatic carbocycles. The van der Waals surface area contributed by atoms with Gasteiger partial charge in [0.25, 0.3) is 0 Å². The van der Waals surface area contributed by atoms with Crippen molar-refractivity contribution in [3.8, 4) is 0 Å². The fourth-order valence-corrected chi connectivity index (χ4v) is 2.45. The predicted molar refractivity (Wildman–Crippen MR) is 50.2 cm³/mol. The quantitative estimate of drug-likeness (QED) is 0.511. The van der Waals surface area contributed by atoms with Crippen molar-refractivity contribution in [3.63, 3.8) is 0 Å². The Balaban J connectivity index is 2.55. The minimum Gasteiger partial charge on any atom is -0.306 e. The molecule has 1 unspecified atom stereocenters. The van der Waals surface area contributed by atoms with Crippen molar-refractivity contribution in [2.24, 2.45) is 5.41 Å². The van der Waals surface area contributed by atoms with Crippen molar-refractivity contribution in [1.29, 1.82) is 0 Å². The van der Waals surface area contributed by atoms with E-state index in [1.807, 2.05) is 0 Å². The number of rotatable bonds is 0. The monoisotopic (exact) mass is 175 g/mol. The van der Waals surface area contributed by atoms with E-state index >= 15 is 0 Å². The molecule has 1 aliphatic rings. The lowest BCUT2D eigenvalue weighted by atomic mass is 9.88. The SMILES string of the molecule is CN1CCC(Cl)CC(C)(C)C1. The van der Waals surface area contributed by atoms with Crippen LogP contribution in [0.25, 0.3) is 0 Å². The topological polar surface area (TPSA) is 3.24 Å². The Labute approximate surface area is 74.7 Å². The second-order valence-corrected chi connectivity index (χ2v) is 5.11. The normalized spacial score (nSPS) is 33.3. The van der Waals surface area contributed by atoms with E-state index in [1.165, 1.54) is 6.54 Å². The lowest BCUT2D eigenvalue weighted by molar-refractivity contribution is 0.229. The summed E-state index contributed by atoms with van der Waals surface area (Å²) in [5.74, 6) is 0. The molecule has 0 saturated carbocycles. The molecule has 0 amide bonds. The maximum Gasteiger partial charge on any atom is 0.0353 e. The van der Waals surface area contributed by atoms with E-state index in [0.29, 0.717) is 10.8 Å². The van der Waals surface area contributed by atoms with Crippen molar-refractivity contribution >= 4 is 11.6 Å². The Morgan fingerprint density at radius 2 is 2.09 bits per heavy atom. The average Bonchev–Trinajstić information content (AvgIpc) is 1.89. The highest BCUT2D eigenvalue weighted by Crippen LogP contribution is 2.29. The van der Waals surface area contributed by atoms with Crippen LogP contribution in [0.1, 0.15) is 26.7 Å². The van der Waals surface area contributed by atoms with Gasteiger partial charge in [-0.1, -0.05) is 13.8 Å². The molecular weight excluding hydrogens is 158 g/mol. The second-order valence-electron chi connectivity index (χ2n) is 4.49. The Bertz CT molecular complexity index is 120. The molecule has 0 aromatic heterocycles. The van der Waals surface area contributed by atoms with Crippen LogP contribution in [0.5, 0.6) is 0 Å². The number of nitrogens with zero attached hydrogens (tertiary/aromatic N) is 1. The summed E-state index contributed by atoms with van der Waals surface area (Å²) in [6.07, 6.45) is 2.29. The maximum atomic E-state index is 6.14. The molecule has 1 rings (SSSR count). The first-order valence-corrected chi connectivity index (χ1v) is 4.76. The van der Waals surface area contributed by atoms with Gasteiger partial charge in [-0.05, 0) is 31.8 Å². The highest BCUT2D eigenvalue weighted by molar-refractivity contribution is 6.20. The van der Waals surface area contributed by atoms with E-state index in [1.54, 1.807) is 0 Å². The number of alkyl halides is 1. The fraction of sp³-hybridized carbons (Fsp3) is 1.00.